The number of likely N-dealkylation sites (tertiary alicyclic amines) is 1. The molecule has 0 spiro atoms. The van der Waals surface area contributed by atoms with Gasteiger partial charge in [-0.25, -0.2) is 0 Å². The fourth-order valence-corrected chi connectivity index (χ4v) is 8.26. The van der Waals surface area contributed by atoms with Gasteiger partial charge in [-0.1, -0.05) is 79.2 Å². The van der Waals surface area contributed by atoms with Gasteiger partial charge in [0.1, 0.15) is 6.04 Å². The van der Waals surface area contributed by atoms with Crippen LogP contribution >= 0.6 is 0 Å². The van der Waals surface area contributed by atoms with Gasteiger partial charge in [0, 0.05) is 45.9 Å². The smallest absolute Gasteiger partial charge is 0.245 e. The van der Waals surface area contributed by atoms with E-state index >= 15 is 0 Å². The molecule has 0 aliphatic carbocycles. The molecule has 1 aromatic heterocycles. The molecule has 12 nitrogen and oxygen atoms in total. The summed E-state index contributed by atoms with van der Waals surface area (Å²) in [4.78, 5) is 65.2. The van der Waals surface area contributed by atoms with Crippen LogP contribution in [0.4, 0.5) is 0 Å². The molecule has 1 aromatic carbocycles. The van der Waals surface area contributed by atoms with Crippen LogP contribution in [-0.2, 0) is 35.1 Å². The van der Waals surface area contributed by atoms with Gasteiger partial charge < -0.3 is 29.9 Å². The van der Waals surface area contributed by atoms with Crippen molar-refractivity contribution in [3.63, 3.8) is 0 Å². The summed E-state index contributed by atoms with van der Waals surface area (Å²) in [5.74, 6) is -1.24. The minimum Gasteiger partial charge on any atom is -0.379 e. The average Bonchev–Trinajstić information content (AvgIpc) is 3.62. The lowest BCUT2D eigenvalue weighted by atomic mass is 9.89. The van der Waals surface area contributed by atoms with Crippen LogP contribution in [0.2, 0.25) is 0 Å². The number of para-hydroxylation sites is 1. The first-order chi connectivity index (χ1) is 25.6. The zero-order valence-corrected chi connectivity index (χ0v) is 34.9. The maximum absolute atomic E-state index is 14.2. The molecule has 0 radical (unpaired) electrons. The quantitative estimate of drug-likeness (QED) is 0.202. The minimum absolute atomic E-state index is 0.000116. The van der Waals surface area contributed by atoms with Crippen LogP contribution in [0.3, 0.4) is 0 Å². The molecule has 1 saturated heterocycles. The fourth-order valence-electron chi connectivity index (χ4n) is 8.26. The Hall–Kier alpha value is -3.61. The van der Waals surface area contributed by atoms with Crippen molar-refractivity contribution < 1.29 is 28.7 Å². The first-order valence-corrected chi connectivity index (χ1v) is 19.8. The molecule has 1 aliphatic heterocycles. The number of hydrogen-bond acceptors (Lipinski definition) is 8. The Labute approximate surface area is 324 Å². The van der Waals surface area contributed by atoms with Crippen molar-refractivity contribution in [2.75, 3.05) is 48.5 Å². The van der Waals surface area contributed by atoms with Crippen molar-refractivity contribution in [3.8, 4) is 0 Å². The monoisotopic (exact) mass is 753 g/mol. The summed E-state index contributed by atoms with van der Waals surface area (Å²) in [5, 5.41) is 7.20. The van der Waals surface area contributed by atoms with Crippen LogP contribution in [0.1, 0.15) is 79.7 Å². The lowest BCUT2D eigenvalue weighted by Crippen LogP contribution is -2.59. The summed E-state index contributed by atoms with van der Waals surface area (Å²) in [6, 6.07) is 8.17. The number of pyridine rings is 1. The molecule has 0 saturated carbocycles. The zero-order valence-electron chi connectivity index (χ0n) is 34.9. The van der Waals surface area contributed by atoms with Crippen molar-refractivity contribution in [2.24, 2.45) is 23.7 Å². The van der Waals surface area contributed by atoms with Crippen molar-refractivity contribution in [1.29, 1.82) is 0 Å². The van der Waals surface area contributed by atoms with Gasteiger partial charge in [0.25, 0.3) is 0 Å². The molecule has 1 aliphatic rings. The summed E-state index contributed by atoms with van der Waals surface area (Å²) >= 11 is 0. The third-order valence-electron chi connectivity index (χ3n) is 11.4. The number of amides is 4. The Morgan fingerprint density at radius 3 is 2.22 bits per heavy atom. The zero-order chi connectivity index (χ0) is 40.3. The molecule has 2 heterocycles. The fraction of sp³-hybridized carbons (Fsp3) is 0.690. The van der Waals surface area contributed by atoms with Crippen LogP contribution in [0.25, 0.3) is 10.9 Å². The van der Waals surface area contributed by atoms with Gasteiger partial charge in [0.05, 0.1) is 48.2 Å². The molecular weight excluding hydrogens is 684 g/mol. The molecule has 8 atom stereocenters. The van der Waals surface area contributed by atoms with Crippen molar-refractivity contribution in [2.45, 2.75) is 117 Å². The number of carbonyl (C=O) groups is 4. The van der Waals surface area contributed by atoms with E-state index in [2.05, 4.69) is 29.5 Å². The highest BCUT2D eigenvalue weighted by molar-refractivity contribution is 5.90. The number of benzene rings is 1. The van der Waals surface area contributed by atoms with E-state index in [4.69, 9.17) is 9.47 Å². The van der Waals surface area contributed by atoms with Crippen LogP contribution in [0.5, 0.6) is 0 Å². The van der Waals surface area contributed by atoms with Gasteiger partial charge in [-0.05, 0) is 62.7 Å². The molecule has 0 bridgehead atoms. The second kappa shape index (κ2) is 20.9. The molecule has 1 fully saturated rings. The Bertz CT molecular complexity index is 1520. The number of rotatable bonds is 20. The predicted octanol–water partition coefficient (Wildman–Crippen LogP) is 4.54. The molecule has 2 aromatic rings. The third-order valence-corrected chi connectivity index (χ3v) is 11.4. The van der Waals surface area contributed by atoms with Gasteiger partial charge in [-0.15, -0.1) is 0 Å². The van der Waals surface area contributed by atoms with Crippen LogP contribution in [0.15, 0.2) is 36.5 Å². The second-order valence-electron chi connectivity index (χ2n) is 16.0. The van der Waals surface area contributed by atoms with E-state index in [1.165, 1.54) is 0 Å². The van der Waals surface area contributed by atoms with E-state index in [0.717, 1.165) is 29.3 Å². The molecule has 0 unspecified atom stereocenters. The van der Waals surface area contributed by atoms with Crippen molar-refractivity contribution >= 4 is 34.5 Å². The minimum atomic E-state index is -0.745. The molecule has 12 heteroatoms. The first-order valence-electron chi connectivity index (χ1n) is 19.8. The van der Waals surface area contributed by atoms with Gasteiger partial charge >= 0.3 is 0 Å². The van der Waals surface area contributed by atoms with E-state index in [1.807, 2.05) is 88.8 Å². The van der Waals surface area contributed by atoms with Crippen LogP contribution in [0, 0.1) is 23.7 Å². The Balaban J connectivity index is 1.73. The number of nitrogens with one attached hydrogen (secondary N) is 2. The van der Waals surface area contributed by atoms with Crippen molar-refractivity contribution in [3.05, 3.63) is 42.1 Å². The Morgan fingerprint density at radius 1 is 0.944 bits per heavy atom. The van der Waals surface area contributed by atoms with E-state index < -0.39 is 30.2 Å². The van der Waals surface area contributed by atoms with E-state index in [-0.39, 0.29) is 59.9 Å². The van der Waals surface area contributed by atoms with Crippen LogP contribution < -0.4 is 10.6 Å². The topological polar surface area (TPSA) is 133 Å². The molecule has 4 amide bonds. The first kappa shape index (κ1) is 44.8. The third kappa shape index (κ3) is 11.0. The Kier molecular flexibility index (Phi) is 17.3. The van der Waals surface area contributed by atoms with Gasteiger partial charge in [0.2, 0.25) is 23.6 Å². The van der Waals surface area contributed by atoms with Gasteiger partial charge in [0.15, 0.2) is 0 Å². The van der Waals surface area contributed by atoms with E-state index in [1.54, 1.807) is 32.4 Å². The second-order valence-corrected chi connectivity index (χ2v) is 16.0. The number of likely N-dealkylation sites (N-methyl/N-ethyl adjacent to an activating group) is 2. The Morgan fingerprint density at radius 2 is 1.63 bits per heavy atom. The van der Waals surface area contributed by atoms with E-state index in [9.17, 15) is 19.2 Å². The van der Waals surface area contributed by atoms with Gasteiger partial charge in [-0.3, -0.25) is 29.1 Å². The lowest BCUT2D eigenvalue weighted by Gasteiger charge is -2.41. The normalized spacial score (nSPS) is 18.6. The standard InChI is InChI=1S/C42H68N6O6/c1-13-28(6)38(47(10)42(52)35(26(2)3)45-41(51)37(27(4)5)46(8)9)33(53-11)25-34(49)48-24-16-20-32(48)39(54-12)29(7)40(50)44-23-21-31-18-14-17-30-19-15-22-43-36(30)31/h14-15,17-19,22,26-29,32-33,35,37-39H,13,16,20-21,23-25H2,1-12H3,(H,44,50)(H,45,51)/t28-,29+,32-,33+,35-,37-,38-,39+/m0/s1. The molecule has 302 valence electrons. The molecule has 3 rings (SSSR count). The summed E-state index contributed by atoms with van der Waals surface area (Å²) in [5.41, 5.74) is 2.00. The summed E-state index contributed by atoms with van der Waals surface area (Å²) in [6.07, 6.45) is 3.65. The number of carbonyl (C=O) groups excluding carboxylic acids is 4. The molecule has 2 N–H and O–H groups in total. The summed E-state index contributed by atoms with van der Waals surface area (Å²) in [7, 11) is 8.66. The number of fused-ring (bicyclic) bond motifs is 1. The van der Waals surface area contributed by atoms with E-state index in [0.29, 0.717) is 25.9 Å². The van der Waals surface area contributed by atoms with Crippen molar-refractivity contribution in [1.82, 2.24) is 30.3 Å². The maximum Gasteiger partial charge on any atom is 0.245 e. The highest BCUT2D eigenvalue weighted by Gasteiger charge is 2.43. The predicted molar refractivity (Wildman–Crippen MR) is 214 cm³/mol. The number of methoxy groups -OCH3 is 2. The maximum atomic E-state index is 14.2. The lowest BCUT2D eigenvalue weighted by molar-refractivity contribution is -0.148. The highest BCUT2D eigenvalue weighted by Crippen LogP contribution is 2.30. The molecule has 54 heavy (non-hydrogen) atoms. The average molecular weight is 753 g/mol. The SMILES string of the molecule is CC[C@H](C)[C@@H]([C@@H](CC(=O)N1CCC[C@H]1[C@H](OC)[C@@H](C)C(=O)NCCc1cccc2cccnc12)OC)N(C)C(=O)[C@@H](NC(=O)[C@H](C(C)C)N(C)C)C(C)C. The molecular formula is C42H68N6O6. The summed E-state index contributed by atoms with van der Waals surface area (Å²) < 4.78 is 12.0. The number of nitrogens with zero attached hydrogens (tertiary/aromatic N) is 4. The number of aromatic nitrogens is 1. The highest BCUT2D eigenvalue weighted by atomic mass is 16.5. The van der Waals surface area contributed by atoms with Gasteiger partial charge in [-0.2, -0.15) is 0 Å². The summed E-state index contributed by atoms with van der Waals surface area (Å²) in [6.45, 7) is 14.8. The number of hydrogen-bond donors (Lipinski definition) is 2. The largest absolute Gasteiger partial charge is 0.379 e. The number of ether oxygens (including phenoxy) is 2. The van der Waals surface area contributed by atoms with Crippen LogP contribution in [-0.4, -0.2) is 128 Å².